The van der Waals surface area contributed by atoms with Crippen LogP contribution in [0.15, 0.2) is 0 Å². The van der Waals surface area contributed by atoms with Gasteiger partial charge in [0.05, 0.1) is 6.42 Å². The molecular formula is C11H19NO. The van der Waals surface area contributed by atoms with Gasteiger partial charge < -0.3 is 5.73 Å². The van der Waals surface area contributed by atoms with Gasteiger partial charge in [-0.1, -0.05) is 18.8 Å². The van der Waals surface area contributed by atoms with Crippen molar-refractivity contribution < 1.29 is 4.79 Å². The molecule has 0 saturated carbocycles. The summed E-state index contributed by atoms with van der Waals surface area (Å²) in [6, 6.07) is 0. The standard InChI is InChI=1S/C11H19NO/c1-2-3-8-11(13)9-6-4-5-7-10-12/h4-10,12H2,1H3. The lowest BCUT2D eigenvalue weighted by atomic mass is 10.1. The molecule has 0 amide bonds. The van der Waals surface area contributed by atoms with Gasteiger partial charge in [-0.3, -0.25) is 4.79 Å². The molecule has 2 N–H and O–H groups in total. The molecule has 13 heavy (non-hydrogen) atoms. The minimum Gasteiger partial charge on any atom is -0.330 e. The van der Waals surface area contributed by atoms with Gasteiger partial charge >= 0.3 is 0 Å². The predicted molar refractivity (Wildman–Crippen MR) is 55.2 cm³/mol. The predicted octanol–water partition coefficient (Wildman–Crippen LogP) is 1.88. The minimum absolute atomic E-state index is 0.266. The van der Waals surface area contributed by atoms with E-state index in [9.17, 15) is 4.79 Å². The van der Waals surface area contributed by atoms with Gasteiger partial charge in [0.1, 0.15) is 5.78 Å². The summed E-state index contributed by atoms with van der Waals surface area (Å²) < 4.78 is 0. The van der Waals surface area contributed by atoms with Crippen LogP contribution in [-0.2, 0) is 4.79 Å². The number of rotatable bonds is 7. The van der Waals surface area contributed by atoms with E-state index in [1.807, 2.05) is 0 Å². The van der Waals surface area contributed by atoms with Crippen molar-refractivity contribution in [3.8, 4) is 11.8 Å². The molecule has 0 fully saturated rings. The number of hydrogen-bond donors (Lipinski definition) is 1. The van der Waals surface area contributed by atoms with Gasteiger partial charge in [-0.2, -0.15) is 0 Å². The monoisotopic (exact) mass is 181 g/mol. The summed E-state index contributed by atoms with van der Waals surface area (Å²) in [6.45, 7) is 2.52. The normalized spacial score (nSPS) is 9.08. The number of Topliss-reactive ketones (excluding diaryl/α,β-unsaturated/α-hetero) is 1. The third kappa shape index (κ3) is 9.10. The second kappa shape index (κ2) is 9.28. The summed E-state index contributed by atoms with van der Waals surface area (Å²) in [7, 11) is 0. The molecule has 0 unspecified atom stereocenters. The van der Waals surface area contributed by atoms with Gasteiger partial charge in [0.2, 0.25) is 0 Å². The highest BCUT2D eigenvalue weighted by molar-refractivity contribution is 5.80. The number of ketones is 1. The summed E-state index contributed by atoms with van der Waals surface area (Å²) in [4.78, 5) is 11.1. The second-order valence-electron chi connectivity index (χ2n) is 3.10. The molecule has 0 saturated heterocycles. The Balaban J connectivity index is 3.20. The topological polar surface area (TPSA) is 43.1 Å². The van der Waals surface area contributed by atoms with Crippen molar-refractivity contribution in [2.75, 3.05) is 6.54 Å². The quantitative estimate of drug-likeness (QED) is 0.481. The average molecular weight is 181 g/mol. The molecule has 0 aliphatic carbocycles. The van der Waals surface area contributed by atoms with Crippen molar-refractivity contribution in [3.05, 3.63) is 0 Å². The van der Waals surface area contributed by atoms with Gasteiger partial charge in [-0.15, -0.1) is 5.92 Å². The van der Waals surface area contributed by atoms with Crippen LogP contribution < -0.4 is 5.73 Å². The SMILES string of the molecule is CC#CCC(=O)CCCCCCN. The molecule has 74 valence electrons. The molecule has 0 aromatic carbocycles. The average Bonchev–Trinajstić information content (AvgIpc) is 2.14. The summed E-state index contributed by atoms with van der Waals surface area (Å²) in [5, 5.41) is 0. The Morgan fingerprint density at radius 2 is 1.92 bits per heavy atom. The van der Waals surface area contributed by atoms with Crippen molar-refractivity contribution in [2.24, 2.45) is 5.73 Å². The maximum atomic E-state index is 11.1. The second-order valence-corrected chi connectivity index (χ2v) is 3.10. The van der Waals surface area contributed by atoms with E-state index < -0.39 is 0 Å². The molecule has 2 heteroatoms. The van der Waals surface area contributed by atoms with Gasteiger partial charge in [-0.05, 0) is 26.3 Å². The number of unbranched alkanes of at least 4 members (excludes halogenated alkanes) is 3. The molecule has 0 heterocycles. The summed E-state index contributed by atoms with van der Waals surface area (Å²) in [5.74, 6) is 5.77. The fourth-order valence-corrected chi connectivity index (χ4v) is 1.10. The Bertz CT molecular complexity index is 188. The molecule has 0 aromatic heterocycles. The zero-order chi connectivity index (χ0) is 9.94. The highest BCUT2D eigenvalue weighted by Crippen LogP contribution is 2.03. The van der Waals surface area contributed by atoms with Crippen LogP contribution >= 0.6 is 0 Å². The molecule has 0 aromatic rings. The summed E-state index contributed by atoms with van der Waals surface area (Å²) >= 11 is 0. The first kappa shape index (κ1) is 12.2. The zero-order valence-electron chi connectivity index (χ0n) is 8.44. The first-order chi connectivity index (χ1) is 6.31. The fraction of sp³-hybridized carbons (Fsp3) is 0.727. The van der Waals surface area contributed by atoms with E-state index in [0.717, 1.165) is 32.2 Å². The number of carbonyl (C=O) groups is 1. The Morgan fingerprint density at radius 1 is 1.23 bits per heavy atom. The summed E-state index contributed by atoms with van der Waals surface area (Å²) in [6.07, 6.45) is 5.42. The third-order valence-corrected chi connectivity index (χ3v) is 1.87. The Labute approximate surface area is 80.9 Å². The minimum atomic E-state index is 0.266. The van der Waals surface area contributed by atoms with Crippen LogP contribution in [0.4, 0.5) is 0 Å². The molecule has 0 atom stereocenters. The summed E-state index contributed by atoms with van der Waals surface area (Å²) in [5.41, 5.74) is 5.35. The van der Waals surface area contributed by atoms with Crippen LogP contribution in [-0.4, -0.2) is 12.3 Å². The lowest BCUT2D eigenvalue weighted by Gasteiger charge is -1.97. The first-order valence-corrected chi connectivity index (χ1v) is 4.92. The lowest BCUT2D eigenvalue weighted by Crippen LogP contribution is -1.99. The van der Waals surface area contributed by atoms with E-state index in [2.05, 4.69) is 11.8 Å². The van der Waals surface area contributed by atoms with Crippen LogP contribution in [0.25, 0.3) is 0 Å². The van der Waals surface area contributed by atoms with Crippen molar-refractivity contribution in [1.82, 2.24) is 0 Å². The van der Waals surface area contributed by atoms with Crippen molar-refractivity contribution in [3.63, 3.8) is 0 Å². The van der Waals surface area contributed by atoms with E-state index >= 15 is 0 Å². The molecule has 0 rings (SSSR count). The number of nitrogens with two attached hydrogens (primary N) is 1. The zero-order valence-corrected chi connectivity index (χ0v) is 8.44. The van der Waals surface area contributed by atoms with Gasteiger partial charge in [0, 0.05) is 6.42 Å². The van der Waals surface area contributed by atoms with Crippen LogP contribution in [0.1, 0.15) is 45.4 Å². The Hall–Kier alpha value is -0.810. The molecule has 2 nitrogen and oxygen atoms in total. The fourth-order valence-electron chi connectivity index (χ4n) is 1.10. The Morgan fingerprint density at radius 3 is 2.54 bits per heavy atom. The lowest BCUT2D eigenvalue weighted by molar-refractivity contribution is -0.118. The molecule has 0 spiro atoms. The smallest absolute Gasteiger partial charge is 0.144 e. The molecule has 0 bridgehead atoms. The van der Waals surface area contributed by atoms with Gasteiger partial charge in [-0.25, -0.2) is 0 Å². The molecular weight excluding hydrogens is 162 g/mol. The highest BCUT2D eigenvalue weighted by Gasteiger charge is 1.98. The molecule has 0 aliphatic rings. The maximum absolute atomic E-state index is 11.1. The van der Waals surface area contributed by atoms with E-state index in [1.165, 1.54) is 0 Å². The first-order valence-electron chi connectivity index (χ1n) is 4.92. The highest BCUT2D eigenvalue weighted by atomic mass is 16.1. The van der Waals surface area contributed by atoms with Crippen molar-refractivity contribution in [2.45, 2.75) is 45.4 Å². The largest absolute Gasteiger partial charge is 0.330 e. The molecule has 0 radical (unpaired) electrons. The van der Waals surface area contributed by atoms with Crippen LogP contribution in [0.3, 0.4) is 0 Å². The van der Waals surface area contributed by atoms with E-state index in [4.69, 9.17) is 5.73 Å². The van der Waals surface area contributed by atoms with Crippen molar-refractivity contribution in [1.29, 1.82) is 0 Å². The van der Waals surface area contributed by atoms with Crippen molar-refractivity contribution >= 4 is 5.78 Å². The maximum Gasteiger partial charge on any atom is 0.144 e. The van der Waals surface area contributed by atoms with Crippen LogP contribution in [0.5, 0.6) is 0 Å². The van der Waals surface area contributed by atoms with Gasteiger partial charge in [0.15, 0.2) is 0 Å². The molecule has 0 aliphatic heterocycles. The number of hydrogen-bond acceptors (Lipinski definition) is 2. The van der Waals surface area contributed by atoms with E-state index in [0.29, 0.717) is 12.8 Å². The number of carbonyl (C=O) groups excluding carboxylic acids is 1. The third-order valence-electron chi connectivity index (χ3n) is 1.87. The van der Waals surface area contributed by atoms with E-state index in [-0.39, 0.29) is 5.78 Å². The Kier molecular flexibility index (Phi) is 8.70. The van der Waals surface area contributed by atoms with Gasteiger partial charge in [0.25, 0.3) is 0 Å². The van der Waals surface area contributed by atoms with E-state index in [1.54, 1.807) is 6.92 Å². The van der Waals surface area contributed by atoms with Crippen LogP contribution in [0, 0.1) is 11.8 Å². The van der Waals surface area contributed by atoms with Crippen LogP contribution in [0.2, 0.25) is 0 Å².